The number of halogens is 2. The van der Waals surface area contributed by atoms with E-state index in [1.165, 1.54) is 0 Å². The molecule has 0 N–H and O–H groups in total. The molecule has 2 aliphatic rings. The Morgan fingerprint density at radius 2 is 1.77 bits per heavy atom. The highest BCUT2D eigenvalue weighted by Crippen LogP contribution is 2.38. The maximum Gasteiger partial charge on any atom is 0.259 e. The van der Waals surface area contributed by atoms with Gasteiger partial charge >= 0.3 is 0 Å². The van der Waals surface area contributed by atoms with Gasteiger partial charge in [0.05, 0.1) is 23.3 Å². The summed E-state index contributed by atoms with van der Waals surface area (Å²) >= 11 is 12.6. The molecule has 0 atom stereocenters. The van der Waals surface area contributed by atoms with Gasteiger partial charge in [0.2, 0.25) is 0 Å². The predicted molar refractivity (Wildman–Crippen MR) is 96.5 cm³/mol. The lowest BCUT2D eigenvalue weighted by atomic mass is 10.0. The Hall–Kier alpha value is -1.60. The second kappa shape index (κ2) is 6.85. The summed E-state index contributed by atoms with van der Waals surface area (Å²) in [5, 5.41) is 4.90. The van der Waals surface area contributed by atoms with E-state index in [1.54, 1.807) is 30.0 Å². The standard InChI is InChI=1S/C18H18Cl2N2O4/c1-11-14(16(21-26-11)15-12(19)3-2-4-13(15)20)17(23)22-7-5-18(6-8-22)24-9-10-25-18/h2-4H,5-10H2,1H3. The van der Waals surface area contributed by atoms with E-state index in [2.05, 4.69) is 5.16 Å². The topological polar surface area (TPSA) is 64.8 Å². The lowest BCUT2D eigenvalue weighted by molar-refractivity contribution is -0.181. The van der Waals surface area contributed by atoms with Crippen LogP contribution >= 0.6 is 23.2 Å². The molecule has 1 amide bonds. The molecular formula is C18H18Cl2N2O4. The van der Waals surface area contributed by atoms with Crippen LogP contribution in [-0.4, -0.2) is 48.1 Å². The zero-order valence-electron chi connectivity index (χ0n) is 14.3. The zero-order chi connectivity index (χ0) is 18.3. The Bertz CT molecular complexity index is 815. The molecule has 2 saturated heterocycles. The van der Waals surface area contributed by atoms with Crippen LogP contribution in [0.1, 0.15) is 29.0 Å². The van der Waals surface area contributed by atoms with Gasteiger partial charge in [-0.05, 0) is 19.1 Å². The maximum atomic E-state index is 13.2. The number of amides is 1. The van der Waals surface area contributed by atoms with Crippen LogP contribution in [0.5, 0.6) is 0 Å². The van der Waals surface area contributed by atoms with Gasteiger partial charge in [0.25, 0.3) is 5.91 Å². The fraction of sp³-hybridized carbons (Fsp3) is 0.444. The van der Waals surface area contributed by atoms with Crippen molar-refractivity contribution in [2.75, 3.05) is 26.3 Å². The summed E-state index contributed by atoms with van der Waals surface area (Å²) in [6.45, 7) is 4.00. The molecule has 1 aromatic carbocycles. The molecular weight excluding hydrogens is 379 g/mol. The van der Waals surface area contributed by atoms with Gasteiger partial charge in [0.15, 0.2) is 5.79 Å². The van der Waals surface area contributed by atoms with Crippen molar-refractivity contribution in [3.63, 3.8) is 0 Å². The number of hydrogen-bond acceptors (Lipinski definition) is 5. The van der Waals surface area contributed by atoms with E-state index in [0.29, 0.717) is 71.8 Å². The summed E-state index contributed by atoms with van der Waals surface area (Å²) < 4.78 is 16.7. The normalized spacial score (nSPS) is 19.3. The van der Waals surface area contributed by atoms with E-state index in [0.717, 1.165) is 0 Å². The number of carbonyl (C=O) groups excluding carboxylic acids is 1. The molecule has 26 heavy (non-hydrogen) atoms. The van der Waals surface area contributed by atoms with Crippen LogP contribution in [0.15, 0.2) is 22.7 Å². The first-order valence-corrected chi connectivity index (χ1v) is 9.24. The van der Waals surface area contributed by atoms with Gasteiger partial charge in [-0.2, -0.15) is 0 Å². The third-order valence-electron chi connectivity index (χ3n) is 4.90. The summed E-state index contributed by atoms with van der Waals surface area (Å²) in [6.07, 6.45) is 1.29. The SMILES string of the molecule is Cc1onc(-c2c(Cl)cccc2Cl)c1C(=O)N1CCC2(CC1)OCCO2. The fourth-order valence-corrected chi connectivity index (χ4v) is 4.09. The first-order valence-electron chi connectivity index (χ1n) is 8.49. The molecule has 2 aliphatic heterocycles. The number of nitrogens with zero attached hydrogens (tertiary/aromatic N) is 2. The van der Waals surface area contributed by atoms with Crippen molar-refractivity contribution in [3.05, 3.63) is 39.6 Å². The molecule has 1 spiro atoms. The summed E-state index contributed by atoms with van der Waals surface area (Å²) in [5.74, 6) is -0.243. The number of aryl methyl sites for hydroxylation is 1. The van der Waals surface area contributed by atoms with E-state index < -0.39 is 5.79 Å². The molecule has 0 radical (unpaired) electrons. The van der Waals surface area contributed by atoms with Crippen molar-refractivity contribution in [1.29, 1.82) is 0 Å². The second-order valence-corrected chi connectivity index (χ2v) is 7.27. The van der Waals surface area contributed by atoms with Crippen LogP contribution in [0.3, 0.4) is 0 Å². The average Bonchev–Trinajstić information content (AvgIpc) is 3.22. The van der Waals surface area contributed by atoms with E-state index in [-0.39, 0.29) is 5.91 Å². The third kappa shape index (κ3) is 3.01. The highest BCUT2D eigenvalue weighted by atomic mass is 35.5. The number of rotatable bonds is 2. The van der Waals surface area contributed by atoms with Crippen LogP contribution < -0.4 is 0 Å². The van der Waals surface area contributed by atoms with Gasteiger partial charge < -0.3 is 18.9 Å². The molecule has 3 heterocycles. The maximum absolute atomic E-state index is 13.2. The van der Waals surface area contributed by atoms with Crippen molar-refractivity contribution in [1.82, 2.24) is 10.1 Å². The van der Waals surface area contributed by atoms with Gasteiger partial charge in [-0.25, -0.2) is 0 Å². The molecule has 6 nitrogen and oxygen atoms in total. The fourth-order valence-electron chi connectivity index (χ4n) is 3.51. The minimum atomic E-state index is -0.532. The average molecular weight is 397 g/mol. The molecule has 2 fully saturated rings. The quantitative estimate of drug-likeness (QED) is 0.768. The highest BCUT2D eigenvalue weighted by molar-refractivity contribution is 6.39. The van der Waals surface area contributed by atoms with Crippen LogP contribution in [0, 0.1) is 6.92 Å². The van der Waals surface area contributed by atoms with Crippen LogP contribution in [0.25, 0.3) is 11.3 Å². The number of likely N-dealkylation sites (tertiary alicyclic amines) is 1. The van der Waals surface area contributed by atoms with Crippen molar-refractivity contribution in [3.8, 4) is 11.3 Å². The first kappa shape index (κ1) is 17.8. The molecule has 138 valence electrons. The summed E-state index contributed by atoms with van der Waals surface area (Å²) in [6, 6.07) is 5.16. The number of hydrogen-bond donors (Lipinski definition) is 0. The summed E-state index contributed by atoms with van der Waals surface area (Å²) in [5.41, 5.74) is 1.27. The number of aromatic nitrogens is 1. The lowest BCUT2D eigenvalue weighted by Gasteiger charge is -2.37. The van der Waals surface area contributed by atoms with Crippen LogP contribution in [0.4, 0.5) is 0 Å². The minimum absolute atomic E-state index is 0.150. The highest BCUT2D eigenvalue weighted by Gasteiger charge is 2.41. The van der Waals surface area contributed by atoms with E-state index in [9.17, 15) is 4.79 Å². The van der Waals surface area contributed by atoms with Gasteiger partial charge in [0, 0.05) is 31.5 Å². The van der Waals surface area contributed by atoms with Crippen LogP contribution in [-0.2, 0) is 9.47 Å². The van der Waals surface area contributed by atoms with Gasteiger partial charge in [-0.1, -0.05) is 34.4 Å². The van der Waals surface area contributed by atoms with Crippen LogP contribution in [0.2, 0.25) is 10.0 Å². The van der Waals surface area contributed by atoms with E-state index in [1.807, 2.05) is 0 Å². The van der Waals surface area contributed by atoms with Crippen molar-refractivity contribution >= 4 is 29.1 Å². The monoisotopic (exact) mass is 396 g/mol. The van der Waals surface area contributed by atoms with Crippen molar-refractivity contribution < 1.29 is 18.8 Å². The minimum Gasteiger partial charge on any atom is -0.360 e. The Balaban J connectivity index is 1.62. The molecule has 1 aromatic heterocycles. The molecule has 2 aromatic rings. The predicted octanol–water partition coefficient (Wildman–Crippen LogP) is 3.94. The number of ether oxygens (including phenoxy) is 2. The second-order valence-electron chi connectivity index (χ2n) is 6.46. The summed E-state index contributed by atoms with van der Waals surface area (Å²) in [7, 11) is 0. The van der Waals surface area contributed by atoms with Crippen molar-refractivity contribution in [2.24, 2.45) is 0 Å². The molecule has 0 unspecified atom stereocenters. The van der Waals surface area contributed by atoms with Crippen molar-refractivity contribution in [2.45, 2.75) is 25.6 Å². The Morgan fingerprint density at radius 3 is 2.38 bits per heavy atom. The summed E-state index contributed by atoms with van der Waals surface area (Å²) in [4.78, 5) is 14.9. The van der Waals surface area contributed by atoms with Gasteiger partial charge in [-0.3, -0.25) is 4.79 Å². The molecule has 0 aliphatic carbocycles. The third-order valence-corrected chi connectivity index (χ3v) is 5.53. The molecule has 0 saturated carbocycles. The Morgan fingerprint density at radius 1 is 1.15 bits per heavy atom. The number of piperidine rings is 1. The molecule has 4 rings (SSSR count). The Labute approximate surface area is 160 Å². The smallest absolute Gasteiger partial charge is 0.259 e. The largest absolute Gasteiger partial charge is 0.360 e. The van der Waals surface area contributed by atoms with E-state index in [4.69, 9.17) is 37.2 Å². The van der Waals surface area contributed by atoms with Gasteiger partial charge in [-0.15, -0.1) is 0 Å². The zero-order valence-corrected chi connectivity index (χ0v) is 15.8. The Kier molecular flexibility index (Phi) is 4.69. The van der Waals surface area contributed by atoms with Gasteiger partial charge in [0.1, 0.15) is 17.0 Å². The molecule has 0 bridgehead atoms. The number of benzene rings is 1. The molecule has 8 heteroatoms. The number of carbonyl (C=O) groups is 1. The lowest BCUT2D eigenvalue weighted by Crippen LogP contribution is -2.47. The first-order chi connectivity index (χ1) is 12.5. The van der Waals surface area contributed by atoms with E-state index >= 15 is 0 Å².